The monoisotopic (exact) mass is 296 g/mol. The van der Waals surface area contributed by atoms with E-state index in [1.807, 2.05) is 0 Å². The molecular formula is C14H17FN2O2S. The number of halogens is 1. The van der Waals surface area contributed by atoms with Gasteiger partial charge in [-0.3, -0.25) is 0 Å². The molecule has 0 amide bonds. The third-order valence-corrected chi connectivity index (χ3v) is 5.37. The zero-order valence-electron chi connectivity index (χ0n) is 11.3. The molecule has 1 aliphatic rings. The molecule has 0 unspecified atom stereocenters. The third kappa shape index (κ3) is 3.00. The summed E-state index contributed by atoms with van der Waals surface area (Å²) < 4.78 is 40.4. The van der Waals surface area contributed by atoms with Crippen LogP contribution in [-0.4, -0.2) is 14.0 Å². The summed E-state index contributed by atoms with van der Waals surface area (Å²) in [6.07, 6.45) is 3.71. The maximum atomic E-state index is 13.1. The van der Waals surface area contributed by atoms with Crippen LogP contribution in [0.25, 0.3) is 0 Å². The summed E-state index contributed by atoms with van der Waals surface area (Å²) in [7, 11) is -3.82. The largest absolute Gasteiger partial charge is 0.242 e. The fraction of sp³-hybridized carbons (Fsp3) is 0.500. The summed E-state index contributed by atoms with van der Waals surface area (Å²) >= 11 is 0. The quantitative estimate of drug-likeness (QED) is 0.932. The minimum atomic E-state index is -3.82. The number of benzene rings is 1. The van der Waals surface area contributed by atoms with Gasteiger partial charge in [-0.2, -0.15) is 9.98 Å². The lowest BCUT2D eigenvalue weighted by Crippen LogP contribution is -2.48. The van der Waals surface area contributed by atoms with Crippen molar-refractivity contribution in [2.45, 2.75) is 49.5 Å². The van der Waals surface area contributed by atoms with Crippen LogP contribution < -0.4 is 4.72 Å². The molecule has 0 aromatic heterocycles. The zero-order valence-corrected chi connectivity index (χ0v) is 12.1. The van der Waals surface area contributed by atoms with Gasteiger partial charge in [-0.15, -0.1) is 0 Å². The molecule has 0 bridgehead atoms. The molecule has 20 heavy (non-hydrogen) atoms. The topological polar surface area (TPSA) is 70.0 Å². The molecule has 0 atom stereocenters. The molecule has 1 N–H and O–H groups in total. The van der Waals surface area contributed by atoms with E-state index in [1.165, 1.54) is 19.1 Å². The zero-order chi connectivity index (χ0) is 14.8. The lowest BCUT2D eigenvalue weighted by atomic mass is 9.84. The van der Waals surface area contributed by atoms with E-state index in [2.05, 4.69) is 10.8 Å². The maximum absolute atomic E-state index is 13.1. The minimum Gasteiger partial charge on any atom is -0.207 e. The molecule has 1 aromatic carbocycles. The van der Waals surface area contributed by atoms with Crippen molar-refractivity contribution in [3.05, 3.63) is 29.6 Å². The second-order valence-corrected chi connectivity index (χ2v) is 6.92. The van der Waals surface area contributed by atoms with Crippen molar-refractivity contribution < 1.29 is 12.8 Å². The van der Waals surface area contributed by atoms with Crippen LogP contribution in [0.5, 0.6) is 0 Å². The van der Waals surface area contributed by atoms with Crippen LogP contribution in [-0.2, 0) is 10.0 Å². The number of nitriles is 1. The first-order valence-corrected chi connectivity index (χ1v) is 8.08. The Labute approximate surface area is 118 Å². The van der Waals surface area contributed by atoms with E-state index < -0.39 is 21.4 Å². The molecule has 1 aromatic rings. The Morgan fingerprint density at radius 1 is 1.30 bits per heavy atom. The van der Waals surface area contributed by atoms with Crippen molar-refractivity contribution in [3.8, 4) is 6.07 Å². The van der Waals surface area contributed by atoms with Crippen molar-refractivity contribution in [2.75, 3.05) is 0 Å². The van der Waals surface area contributed by atoms with Crippen molar-refractivity contribution >= 4 is 10.0 Å². The number of sulfonamides is 1. The molecule has 108 valence electrons. The highest BCUT2D eigenvalue weighted by molar-refractivity contribution is 7.89. The van der Waals surface area contributed by atoms with Crippen LogP contribution in [0.4, 0.5) is 4.39 Å². The van der Waals surface area contributed by atoms with Gasteiger partial charge in [0.05, 0.1) is 11.0 Å². The summed E-state index contributed by atoms with van der Waals surface area (Å²) in [5.74, 6) is -0.478. The fourth-order valence-corrected chi connectivity index (χ4v) is 4.22. The Balaban J connectivity index is 2.33. The van der Waals surface area contributed by atoms with Gasteiger partial charge in [0.1, 0.15) is 11.4 Å². The van der Waals surface area contributed by atoms with E-state index in [0.717, 1.165) is 25.3 Å². The molecule has 0 spiro atoms. The predicted octanol–water partition coefficient (Wildman–Crippen LogP) is 2.64. The Kier molecular flexibility index (Phi) is 4.11. The number of hydrogen-bond acceptors (Lipinski definition) is 3. The van der Waals surface area contributed by atoms with Crippen LogP contribution in [0.1, 0.15) is 37.7 Å². The van der Waals surface area contributed by atoms with Crippen molar-refractivity contribution in [3.63, 3.8) is 0 Å². The van der Waals surface area contributed by atoms with E-state index in [-0.39, 0.29) is 4.90 Å². The van der Waals surface area contributed by atoms with Gasteiger partial charge in [0.25, 0.3) is 0 Å². The summed E-state index contributed by atoms with van der Waals surface area (Å²) in [5.41, 5.74) is -0.695. The predicted molar refractivity (Wildman–Crippen MR) is 72.9 cm³/mol. The average Bonchev–Trinajstić information content (AvgIpc) is 2.38. The molecule has 1 fully saturated rings. The van der Waals surface area contributed by atoms with Crippen molar-refractivity contribution in [2.24, 2.45) is 0 Å². The first kappa shape index (κ1) is 14.9. The molecule has 6 heteroatoms. The summed E-state index contributed by atoms with van der Waals surface area (Å²) in [4.78, 5) is 0.0269. The molecule has 1 saturated carbocycles. The molecular weight excluding hydrogens is 279 g/mol. The fourth-order valence-electron chi connectivity index (χ4n) is 2.62. The Morgan fingerprint density at radius 3 is 2.50 bits per heavy atom. The maximum Gasteiger partial charge on any atom is 0.242 e. The third-order valence-electron chi connectivity index (χ3n) is 3.68. The van der Waals surface area contributed by atoms with E-state index in [1.54, 1.807) is 0 Å². The lowest BCUT2D eigenvalue weighted by molar-refractivity contribution is 0.338. The Bertz CT molecular complexity index is 644. The minimum absolute atomic E-state index is 0.0269. The SMILES string of the molecule is Cc1cc(F)ccc1S(=O)(=O)NC1(C#N)CCCCC1. The van der Waals surface area contributed by atoms with Gasteiger partial charge < -0.3 is 0 Å². The molecule has 0 saturated heterocycles. The van der Waals surface area contributed by atoms with Crippen LogP contribution in [0, 0.1) is 24.1 Å². The van der Waals surface area contributed by atoms with Crippen LogP contribution in [0.2, 0.25) is 0 Å². The summed E-state index contributed by atoms with van der Waals surface area (Å²) in [6, 6.07) is 5.63. The number of aryl methyl sites for hydroxylation is 1. The van der Waals surface area contributed by atoms with Crippen molar-refractivity contribution in [1.82, 2.24) is 4.72 Å². The Morgan fingerprint density at radius 2 is 1.95 bits per heavy atom. The Hall–Kier alpha value is -1.45. The van der Waals surface area contributed by atoms with Crippen LogP contribution in [0.3, 0.4) is 0 Å². The highest BCUT2D eigenvalue weighted by atomic mass is 32.2. The summed E-state index contributed by atoms with van der Waals surface area (Å²) in [6.45, 7) is 1.54. The molecule has 4 nitrogen and oxygen atoms in total. The molecule has 0 heterocycles. The normalized spacial score (nSPS) is 18.4. The highest BCUT2D eigenvalue weighted by Gasteiger charge is 2.37. The van der Waals surface area contributed by atoms with E-state index in [0.29, 0.717) is 18.4 Å². The van der Waals surface area contributed by atoms with Crippen LogP contribution in [0.15, 0.2) is 23.1 Å². The first-order valence-electron chi connectivity index (χ1n) is 6.60. The van der Waals surface area contributed by atoms with Gasteiger partial charge in [-0.1, -0.05) is 19.3 Å². The molecule has 2 rings (SSSR count). The standard InChI is InChI=1S/C14H17FN2O2S/c1-11-9-12(15)5-6-13(11)20(18,19)17-14(10-16)7-3-2-4-8-14/h5-6,9,17H,2-4,7-8H2,1H3. The second-order valence-electron chi connectivity index (χ2n) is 5.27. The van der Waals surface area contributed by atoms with Crippen LogP contribution >= 0.6 is 0 Å². The van der Waals surface area contributed by atoms with Gasteiger partial charge in [0.15, 0.2) is 0 Å². The van der Waals surface area contributed by atoms with E-state index in [4.69, 9.17) is 0 Å². The van der Waals surface area contributed by atoms with Gasteiger partial charge in [-0.25, -0.2) is 12.8 Å². The molecule has 0 radical (unpaired) electrons. The van der Waals surface area contributed by atoms with E-state index >= 15 is 0 Å². The number of nitrogens with one attached hydrogen (secondary N) is 1. The molecule has 0 aliphatic heterocycles. The smallest absolute Gasteiger partial charge is 0.207 e. The lowest BCUT2D eigenvalue weighted by Gasteiger charge is -2.31. The number of rotatable bonds is 3. The van der Waals surface area contributed by atoms with Gasteiger partial charge in [0, 0.05) is 0 Å². The second kappa shape index (κ2) is 5.51. The average molecular weight is 296 g/mol. The van der Waals surface area contributed by atoms with Gasteiger partial charge in [-0.05, 0) is 43.5 Å². The van der Waals surface area contributed by atoms with Gasteiger partial charge >= 0.3 is 0 Å². The highest BCUT2D eigenvalue weighted by Crippen LogP contribution is 2.29. The molecule has 1 aliphatic carbocycles. The summed E-state index contributed by atoms with van der Waals surface area (Å²) in [5, 5.41) is 9.33. The number of hydrogen-bond donors (Lipinski definition) is 1. The number of nitrogens with zero attached hydrogens (tertiary/aromatic N) is 1. The van der Waals surface area contributed by atoms with Gasteiger partial charge in [0.2, 0.25) is 10.0 Å². The van der Waals surface area contributed by atoms with E-state index in [9.17, 15) is 18.1 Å². The van der Waals surface area contributed by atoms with Crippen molar-refractivity contribution in [1.29, 1.82) is 5.26 Å². The first-order chi connectivity index (χ1) is 9.38.